The first kappa shape index (κ1) is 11.5. The van der Waals surface area contributed by atoms with Crippen LogP contribution < -0.4 is 0 Å². The zero-order chi connectivity index (χ0) is 10.8. The maximum absolute atomic E-state index is 11.4. The molecular weight excluding hydrogens is 206 g/mol. The molecule has 0 aliphatic carbocycles. The van der Waals surface area contributed by atoms with Crippen LogP contribution in [0.1, 0.15) is 39.0 Å². The highest BCUT2D eigenvalue weighted by Crippen LogP contribution is 2.34. The normalized spacial score (nSPS) is 33.3. The zero-order valence-corrected chi connectivity index (χ0v) is 10.6. The van der Waals surface area contributed by atoms with E-state index < -0.39 is 0 Å². The number of Topliss-reactive ketones (excluding diaryl/α,β-unsaturated/α-hetero) is 1. The van der Waals surface area contributed by atoms with Crippen molar-refractivity contribution in [2.75, 3.05) is 12.8 Å². The minimum atomic E-state index is 0.497. The Morgan fingerprint density at radius 2 is 2.00 bits per heavy atom. The number of rotatable bonds is 4. The Bertz CT molecular complexity index is 228. The van der Waals surface area contributed by atoms with E-state index in [0.717, 1.165) is 18.1 Å². The number of nitrogens with zero attached hydrogens (tertiary/aromatic N) is 1. The van der Waals surface area contributed by atoms with Crippen LogP contribution in [0.25, 0.3) is 0 Å². The van der Waals surface area contributed by atoms with Crippen LogP contribution in [0.3, 0.4) is 0 Å². The Labute approximate surface area is 96.8 Å². The van der Waals surface area contributed by atoms with Crippen molar-refractivity contribution in [1.29, 1.82) is 0 Å². The lowest BCUT2D eigenvalue weighted by atomic mass is 10.0. The van der Waals surface area contributed by atoms with Gasteiger partial charge >= 0.3 is 0 Å². The Kier molecular flexibility index (Phi) is 3.73. The van der Waals surface area contributed by atoms with Crippen LogP contribution in [-0.2, 0) is 4.79 Å². The second-order valence-electron chi connectivity index (χ2n) is 4.90. The van der Waals surface area contributed by atoms with Crippen LogP contribution in [0.5, 0.6) is 0 Å². The molecule has 2 nitrogen and oxygen atoms in total. The highest BCUT2D eigenvalue weighted by atomic mass is 32.2. The molecule has 2 heterocycles. The van der Waals surface area contributed by atoms with E-state index in [2.05, 4.69) is 18.1 Å². The van der Waals surface area contributed by atoms with Gasteiger partial charge in [0, 0.05) is 30.2 Å². The number of piperidine rings is 1. The van der Waals surface area contributed by atoms with Crippen molar-refractivity contribution < 1.29 is 4.79 Å². The zero-order valence-electron chi connectivity index (χ0n) is 9.74. The minimum Gasteiger partial charge on any atom is -0.300 e. The summed E-state index contributed by atoms with van der Waals surface area (Å²) < 4.78 is 0. The molecule has 0 N–H and O–H groups in total. The largest absolute Gasteiger partial charge is 0.300 e. The molecule has 0 spiro atoms. The molecular formula is C12H21NOS. The van der Waals surface area contributed by atoms with E-state index in [-0.39, 0.29) is 0 Å². The molecule has 2 aliphatic heterocycles. The molecule has 2 aliphatic rings. The third-order valence-electron chi connectivity index (χ3n) is 3.89. The summed E-state index contributed by atoms with van der Waals surface area (Å²) in [7, 11) is 0. The molecule has 0 radical (unpaired) electrons. The lowest BCUT2D eigenvalue weighted by molar-refractivity contribution is -0.123. The summed E-state index contributed by atoms with van der Waals surface area (Å²) in [5.74, 6) is 0.497. The number of hydrogen-bond acceptors (Lipinski definition) is 3. The molecule has 0 saturated carbocycles. The molecule has 2 fully saturated rings. The fourth-order valence-corrected chi connectivity index (χ4v) is 3.22. The lowest BCUT2D eigenvalue weighted by Crippen LogP contribution is -2.43. The average molecular weight is 227 g/mol. The van der Waals surface area contributed by atoms with Gasteiger partial charge < -0.3 is 0 Å². The molecule has 0 amide bonds. The lowest BCUT2D eigenvalue weighted by Gasteiger charge is -2.34. The van der Waals surface area contributed by atoms with Gasteiger partial charge in [-0.2, -0.15) is 11.8 Å². The topological polar surface area (TPSA) is 20.3 Å². The van der Waals surface area contributed by atoms with Gasteiger partial charge in [0.1, 0.15) is 5.78 Å². The summed E-state index contributed by atoms with van der Waals surface area (Å²) in [5.41, 5.74) is 0. The molecule has 0 aromatic heterocycles. The highest BCUT2D eigenvalue weighted by Gasteiger charge is 2.39. The van der Waals surface area contributed by atoms with Crippen molar-refractivity contribution >= 4 is 17.5 Å². The van der Waals surface area contributed by atoms with E-state index in [1.165, 1.54) is 25.8 Å². The summed E-state index contributed by atoms with van der Waals surface area (Å²) in [6.45, 7) is 3.49. The van der Waals surface area contributed by atoms with Crippen molar-refractivity contribution in [2.24, 2.45) is 0 Å². The number of carbonyl (C=O) groups is 1. The van der Waals surface area contributed by atoms with Crippen LogP contribution in [0, 0.1) is 0 Å². The molecule has 0 aromatic rings. The van der Waals surface area contributed by atoms with Crippen molar-refractivity contribution in [3.8, 4) is 0 Å². The number of hydrogen-bond donors (Lipinski definition) is 0. The van der Waals surface area contributed by atoms with Crippen LogP contribution in [0.15, 0.2) is 0 Å². The predicted octanol–water partition coefficient (Wildman–Crippen LogP) is 2.32. The smallest absolute Gasteiger partial charge is 0.136 e. The quantitative estimate of drug-likeness (QED) is 0.735. The highest BCUT2D eigenvalue weighted by molar-refractivity contribution is 7.99. The van der Waals surface area contributed by atoms with E-state index >= 15 is 0 Å². The maximum atomic E-state index is 11.4. The summed E-state index contributed by atoms with van der Waals surface area (Å²) in [6.07, 6.45) is 7.60. The van der Waals surface area contributed by atoms with Gasteiger partial charge in [0.05, 0.1) is 0 Å². The van der Waals surface area contributed by atoms with Gasteiger partial charge in [0.2, 0.25) is 0 Å². The second-order valence-corrected chi connectivity index (χ2v) is 6.18. The summed E-state index contributed by atoms with van der Waals surface area (Å²) in [6, 6.07) is 1.18. The fourth-order valence-electron chi connectivity index (χ4n) is 2.88. The van der Waals surface area contributed by atoms with E-state index in [1.54, 1.807) is 0 Å². The molecule has 3 atom stereocenters. The standard InChI is InChI=1S/C12H21NOS/c1-9(15-2)5-6-13-10-3-4-11(13)8-12(14)7-10/h9-11H,3-8H2,1-2H3. The maximum Gasteiger partial charge on any atom is 0.136 e. The molecule has 3 unspecified atom stereocenters. The number of fused-ring (bicyclic) bond motifs is 2. The number of ketones is 1. The molecule has 86 valence electrons. The molecule has 15 heavy (non-hydrogen) atoms. The third kappa shape index (κ3) is 2.56. The molecule has 2 bridgehead atoms. The third-order valence-corrected chi connectivity index (χ3v) is 4.93. The van der Waals surface area contributed by atoms with E-state index in [9.17, 15) is 4.79 Å². The monoisotopic (exact) mass is 227 g/mol. The Morgan fingerprint density at radius 3 is 2.53 bits per heavy atom. The fraction of sp³-hybridized carbons (Fsp3) is 0.917. The van der Waals surface area contributed by atoms with E-state index in [1.807, 2.05) is 11.8 Å². The van der Waals surface area contributed by atoms with Gasteiger partial charge in [-0.1, -0.05) is 6.92 Å². The molecule has 2 saturated heterocycles. The van der Waals surface area contributed by atoms with Gasteiger partial charge in [-0.3, -0.25) is 9.69 Å². The Hall–Kier alpha value is -0.0200. The summed E-state index contributed by atoms with van der Waals surface area (Å²) >= 11 is 1.94. The van der Waals surface area contributed by atoms with Crippen molar-refractivity contribution in [3.63, 3.8) is 0 Å². The number of carbonyl (C=O) groups excluding carboxylic acids is 1. The van der Waals surface area contributed by atoms with Crippen molar-refractivity contribution in [2.45, 2.75) is 56.4 Å². The van der Waals surface area contributed by atoms with Crippen LogP contribution in [-0.4, -0.2) is 40.8 Å². The van der Waals surface area contributed by atoms with Gasteiger partial charge in [-0.25, -0.2) is 0 Å². The van der Waals surface area contributed by atoms with Gasteiger partial charge in [0.25, 0.3) is 0 Å². The second kappa shape index (κ2) is 4.88. The van der Waals surface area contributed by atoms with Crippen LogP contribution in [0.2, 0.25) is 0 Å². The van der Waals surface area contributed by atoms with Crippen LogP contribution in [0.4, 0.5) is 0 Å². The van der Waals surface area contributed by atoms with E-state index in [4.69, 9.17) is 0 Å². The Morgan fingerprint density at radius 1 is 1.40 bits per heavy atom. The average Bonchev–Trinajstić information content (AvgIpc) is 2.46. The van der Waals surface area contributed by atoms with Crippen molar-refractivity contribution in [3.05, 3.63) is 0 Å². The summed E-state index contributed by atoms with van der Waals surface area (Å²) in [5, 5.41) is 0.752. The first-order valence-electron chi connectivity index (χ1n) is 6.01. The van der Waals surface area contributed by atoms with E-state index in [0.29, 0.717) is 17.9 Å². The minimum absolute atomic E-state index is 0.497. The Balaban J connectivity index is 1.86. The van der Waals surface area contributed by atoms with Gasteiger partial charge in [-0.05, 0) is 32.1 Å². The molecule has 3 heteroatoms. The summed E-state index contributed by atoms with van der Waals surface area (Å²) in [4.78, 5) is 14.0. The molecule has 0 aromatic carbocycles. The number of thioether (sulfide) groups is 1. The van der Waals surface area contributed by atoms with Crippen molar-refractivity contribution in [1.82, 2.24) is 4.90 Å². The predicted molar refractivity (Wildman–Crippen MR) is 65.4 cm³/mol. The first-order valence-corrected chi connectivity index (χ1v) is 7.29. The first-order chi connectivity index (χ1) is 7.20. The van der Waals surface area contributed by atoms with Gasteiger partial charge in [0.15, 0.2) is 0 Å². The van der Waals surface area contributed by atoms with Crippen LogP contribution >= 0.6 is 11.8 Å². The molecule has 2 rings (SSSR count). The SMILES string of the molecule is CSC(C)CCN1C2CCC1CC(=O)C2. The van der Waals surface area contributed by atoms with Gasteiger partial charge in [-0.15, -0.1) is 0 Å².